The lowest BCUT2D eigenvalue weighted by atomic mass is 10.00. The second-order valence-electron chi connectivity index (χ2n) is 6.69. The number of carbonyl (C=O) groups is 1. The highest BCUT2D eigenvalue weighted by atomic mass is 32.2. The summed E-state index contributed by atoms with van der Waals surface area (Å²) in [5.74, 6) is -0.173. The van der Waals surface area contributed by atoms with Crippen LogP contribution in [0, 0.1) is 0 Å². The highest BCUT2D eigenvalue weighted by Crippen LogP contribution is 2.37. The van der Waals surface area contributed by atoms with Crippen LogP contribution in [0.5, 0.6) is 0 Å². The van der Waals surface area contributed by atoms with Crippen molar-refractivity contribution in [3.05, 3.63) is 90.0 Å². The van der Waals surface area contributed by atoms with Crippen molar-refractivity contribution >= 4 is 44.3 Å². The first-order valence-electron chi connectivity index (χ1n) is 8.96. The van der Waals surface area contributed by atoms with Gasteiger partial charge in [-0.15, -0.1) is 0 Å². The molecule has 3 aromatic carbocycles. The average molecular weight is 405 g/mol. The molecule has 0 unspecified atom stereocenters. The normalized spacial score (nSPS) is 14.7. The van der Waals surface area contributed by atoms with Crippen LogP contribution >= 0.6 is 0 Å². The molecule has 0 saturated carbocycles. The quantitative estimate of drug-likeness (QED) is 0.560. The molecule has 29 heavy (non-hydrogen) atoms. The van der Waals surface area contributed by atoms with Gasteiger partial charge in [-0.2, -0.15) is 0 Å². The fraction of sp³-hybridized carbons (Fsp3) is 0.0455. The molecule has 0 aliphatic carbocycles. The fourth-order valence-corrected chi connectivity index (χ4v) is 3.79. The summed E-state index contributed by atoms with van der Waals surface area (Å²) in [6.45, 7) is 0. The number of nitrogens with one attached hydrogen (secondary N) is 3. The van der Waals surface area contributed by atoms with E-state index in [9.17, 15) is 13.2 Å². The smallest absolute Gasteiger partial charge is 0.258 e. The molecule has 1 amide bonds. The number of amides is 1. The Labute approximate surface area is 169 Å². The Hall–Kier alpha value is -3.58. The Bertz CT molecular complexity index is 1200. The second kappa shape index (κ2) is 7.44. The van der Waals surface area contributed by atoms with Crippen LogP contribution in [-0.2, 0) is 14.8 Å². The van der Waals surface area contributed by atoms with Gasteiger partial charge in [0.1, 0.15) is 0 Å². The van der Waals surface area contributed by atoms with Gasteiger partial charge in [-0.3, -0.25) is 9.52 Å². The molecule has 7 heteroatoms. The number of anilines is 3. The van der Waals surface area contributed by atoms with E-state index in [2.05, 4.69) is 15.4 Å². The maximum atomic E-state index is 12.8. The van der Waals surface area contributed by atoms with Gasteiger partial charge in [0, 0.05) is 22.6 Å². The lowest BCUT2D eigenvalue weighted by Gasteiger charge is -2.15. The lowest BCUT2D eigenvalue weighted by molar-refractivity contribution is -0.110. The van der Waals surface area contributed by atoms with Crippen molar-refractivity contribution in [1.82, 2.24) is 0 Å². The van der Waals surface area contributed by atoms with Gasteiger partial charge in [-0.05, 0) is 35.9 Å². The molecular weight excluding hydrogens is 386 g/mol. The molecule has 0 radical (unpaired) electrons. The number of fused-ring (bicyclic) bond motifs is 1. The third kappa shape index (κ3) is 4.14. The molecule has 0 fully saturated rings. The van der Waals surface area contributed by atoms with Crippen LogP contribution in [0.15, 0.2) is 78.9 Å². The van der Waals surface area contributed by atoms with E-state index < -0.39 is 10.0 Å². The Morgan fingerprint density at radius 1 is 0.828 bits per heavy atom. The molecule has 6 nitrogen and oxygen atoms in total. The van der Waals surface area contributed by atoms with E-state index in [1.165, 1.54) is 0 Å². The summed E-state index contributed by atoms with van der Waals surface area (Å²) >= 11 is 0. The van der Waals surface area contributed by atoms with Crippen LogP contribution in [0.2, 0.25) is 0 Å². The minimum atomic E-state index is -3.34. The second-order valence-corrected chi connectivity index (χ2v) is 8.44. The summed E-state index contributed by atoms with van der Waals surface area (Å²) in [4.78, 5) is 12.8. The van der Waals surface area contributed by atoms with Crippen molar-refractivity contribution in [2.75, 3.05) is 21.6 Å². The maximum absolute atomic E-state index is 12.8. The predicted octanol–water partition coefficient (Wildman–Crippen LogP) is 3.99. The largest absolute Gasteiger partial charge is 0.354 e. The highest BCUT2D eigenvalue weighted by molar-refractivity contribution is 7.92. The van der Waals surface area contributed by atoms with Crippen molar-refractivity contribution in [3.63, 3.8) is 0 Å². The zero-order valence-electron chi connectivity index (χ0n) is 15.6. The van der Waals surface area contributed by atoms with E-state index in [4.69, 9.17) is 0 Å². The van der Waals surface area contributed by atoms with Crippen LogP contribution in [0.4, 0.5) is 17.1 Å². The summed E-state index contributed by atoms with van der Waals surface area (Å²) in [6.07, 6.45) is 1.10. The van der Waals surface area contributed by atoms with E-state index in [1.54, 1.807) is 24.3 Å². The van der Waals surface area contributed by atoms with Gasteiger partial charge >= 0.3 is 0 Å². The minimum absolute atomic E-state index is 0.173. The molecular formula is C22H19N3O3S. The summed E-state index contributed by atoms with van der Waals surface area (Å²) in [6, 6.07) is 24.0. The average Bonchev–Trinajstić information content (AvgIpc) is 3.02. The molecule has 0 saturated heterocycles. The van der Waals surface area contributed by atoms with Gasteiger partial charge in [0.05, 0.1) is 17.5 Å². The van der Waals surface area contributed by atoms with E-state index in [1.807, 2.05) is 54.6 Å². The van der Waals surface area contributed by atoms with Crippen molar-refractivity contribution in [3.8, 4) is 0 Å². The van der Waals surface area contributed by atoms with Gasteiger partial charge in [-0.1, -0.05) is 48.5 Å². The van der Waals surface area contributed by atoms with Crippen LogP contribution in [-0.4, -0.2) is 20.6 Å². The van der Waals surface area contributed by atoms with E-state index in [-0.39, 0.29) is 5.91 Å². The molecule has 1 aliphatic heterocycles. The number of hydrogen-bond donors (Lipinski definition) is 3. The van der Waals surface area contributed by atoms with Crippen molar-refractivity contribution in [2.24, 2.45) is 0 Å². The van der Waals surface area contributed by atoms with E-state index in [0.717, 1.165) is 28.8 Å². The number of rotatable bonds is 5. The maximum Gasteiger partial charge on any atom is 0.258 e. The van der Waals surface area contributed by atoms with E-state index >= 15 is 0 Å². The Balaban J connectivity index is 1.77. The molecule has 0 aromatic heterocycles. The van der Waals surface area contributed by atoms with E-state index in [0.29, 0.717) is 17.0 Å². The summed E-state index contributed by atoms with van der Waals surface area (Å²) < 4.78 is 25.2. The molecule has 0 atom stereocenters. The molecule has 3 N–H and O–H groups in total. The van der Waals surface area contributed by atoms with Gasteiger partial charge in [0.25, 0.3) is 5.91 Å². The fourth-order valence-electron chi connectivity index (χ4n) is 3.23. The van der Waals surface area contributed by atoms with Crippen molar-refractivity contribution in [1.29, 1.82) is 0 Å². The number of hydrogen-bond acceptors (Lipinski definition) is 4. The SMILES string of the molecule is CS(=O)(=O)Nc1ccc(NC(=C2C(=O)Nc3ccccc32)c2ccccc2)cc1. The van der Waals surface area contributed by atoms with Crippen LogP contribution in [0.1, 0.15) is 11.1 Å². The van der Waals surface area contributed by atoms with Crippen LogP contribution < -0.4 is 15.4 Å². The molecule has 0 bridgehead atoms. The summed E-state index contributed by atoms with van der Waals surface area (Å²) in [7, 11) is -3.34. The van der Waals surface area contributed by atoms with Gasteiger partial charge in [-0.25, -0.2) is 8.42 Å². The standard InChI is InChI=1S/C22H19N3O3S/c1-29(27,28)25-17-13-11-16(12-14-17)23-21(15-7-3-2-4-8-15)20-18-9-5-6-10-19(18)24-22(20)26/h2-14,23,25H,1H3,(H,24,26). The third-order valence-electron chi connectivity index (χ3n) is 4.44. The van der Waals surface area contributed by atoms with Crippen molar-refractivity contribution < 1.29 is 13.2 Å². The number of benzene rings is 3. The first-order valence-corrected chi connectivity index (χ1v) is 10.9. The molecule has 3 aromatic rings. The zero-order chi connectivity index (χ0) is 20.4. The molecule has 146 valence electrons. The van der Waals surface area contributed by atoms with Gasteiger partial charge < -0.3 is 10.6 Å². The lowest BCUT2D eigenvalue weighted by Crippen LogP contribution is -2.11. The molecule has 4 rings (SSSR count). The summed E-state index contributed by atoms with van der Waals surface area (Å²) in [5, 5.41) is 6.25. The topological polar surface area (TPSA) is 87.3 Å². The molecule has 1 heterocycles. The third-order valence-corrected chi connectivity index (χ3v) is 5.05. The Morgan fingerprint density at radius 2 is 1.45 bits per heavy atom. The minimum Gasteiger partial charge on any atom is -0.354 e. The number of sulfonamides is 1. The van der Waals surface area contributed by atoms with Crippen molar-refractivity contribution in [2.45, 2.75) is 0 Å². The molecule has 0 spiro atoms. The Morgan fingerprint density at radius 3 is 2.14 bits per heavy atom. The predicted molar refractivity (Wildman–Crippen MR) is 117 cm³/mol. The summed E-state index contributed by atoms with van der Waals surface area (Å²) in [5.41, 5.74) is 4.91. The van der Waals surface area contributed by atoms with Gasteiger partial charge in [0.15, 0.2) is 0 Å². The van der Waals surface area contributed by atoms with Crippen LogP contribution in [0.25, 0.3) is 11.3 Å². The monoisotopic (exact) mass is 405 g/mol. The number of para-hydroxylation sites is 1. The highest BCUT2D eigenvalue weighted by Gasteiger charge is 2.27. The Kier molecular flexibility index (Phi) is 4.82. The zero-order valence-corrected chi connectivity index (χ0v) is 16.5. The first kappa shape index (κ1) is 18.8. The molecule has 1 aliphatic rings. The van der Waals surface area contributed by atoms with Gasteiger partial charge in [0.2, 0.25) is 10.0 Å². The van der Waals surface area contributed by atoms with Crippen LogP contribution in [0.3, 0.4) is 0 Å². The first-order chi connectivity index (χ1) is 13.9. The number of carbonyl (C=O) groups excluding carboxylic acids is 1.